The van der Waals surface area contributed by atoms with E-state index in [0.29, 0.717) is 0 Å². The molecule has 0 saturated heterocycles. The van der Waals surface area contributed by atoms with Crippen molar-refractivity contribution in [2.45, 2.75) is 33.6 Å². The molecular formula is C17H20N4O8. The van der Waals surface area contributed by atoms with Crippen molar-refractivity contribution in [2.24, 2.45) is 21.8 Å². The lowest BCUT2D eigenvalue weighted by Crippen LogP contribution is -2.46. The van der Waals surface area contributed by atoms with Gasteiger partial charge in [-0.25, -0.2) is 4.79 Å². The summed E-state index contributed by atoms with van der Waals surface area (Å²) in [5.74, 6) is -3.23. The van der Waals surface area contributed by atoms with Crippen LogP contribution in [0.15, 0.2) is 23.3 Å². The lowest BCUT2D eigenvalue weighted by molar-refractivity contribution is -0.393. The molecule has 2 rings (SSSR count). The van der Waals surface area contributed by atoms with Gasteiger partial charge in [-0.05, 0) is 24.3 Å². The number of anilines is 1. The molecule has 2 atom stereocenters. The van der Waals surface area contributed by atoms with Crippen molar-refractivity contribution in [3.05, 3.63) is 38.4 Å². The fourth-order valence-corrected chi connectivity index (χ4v) is 3.76. The standard InChI is InChI=1S/C17H20N4O8/c1-16(2)10(14(22)23)6-7-17(16,3)13(15(24)25)19-18-11-5-4-9(20(26)27)8-12(11)21(28)29/h4-5,8,10,18H,6-7H2,1-3H3,(H,22,23)(H,24,25)/t10-,17+/m1/s1. The molecule has 0 unspecified atom stereocenters. The zero-order valence-electron chi connectivity index (χ0n) is 15.9. The van der Waals surface area contributed by atoms with Gasteiger partial charge in [0.1, 0.15) is 5.69 Å². The predicted molar refractivity (Wildman–Crippen MR) is 101 cm³/mol. The second-order valence-electron chi connectivity index (χ2n) is 7.58. The largest absolute Gasteiger partial charge is 0.481 e. The molecule has 156 valence electrons. The number of carboxylic acids is 2. The van der Waals surface area contributed by atoms with Gasteiger partial charge < -0.3 is 10.2 Å². The van der Waals surface area contributed by atoms with Crippen LogP contribution in [0.1, 0.15) is 33.6 Å². The minimum absolute atomic E-state index is 0.228. The number of rotatable bonds is 7. The maximum atomic E-state index is 11.9. The number of carboxylic acid groups (broad SMARTS) is 2. The van der Waals surface area contributed by atoms with Crippen molar-refractivity contribution in [1.29, 1.82) is 0 Å². The maximum absolute atomic E-state index is 11.9. The molecule has 0 bridgehead atoms. The summed E-state index contributed by atoms with van der Waals surface area (Å²) in [6, 6.07) is 2.81. The third-order valence-corrected chi connectivity index (χ3v) is 5.93. The molecule has 29 heavy (non-hydrogen) atoms. The monoisotopic (exact) mass is 408 g/mol. The molecule has 1 aromatic rings. The third-order valence-electron chi connectivity index (χ3n) is 5.93. The third kappa shape index (κ3) is 3.73. The molecule has 0 amide bonds. The van der Waals surface area contributed by atoms with Gasteiger partial charge in [0.05, 0.1) is 21.8 Å². The lowest BCUT2D eigenvalue weighted by Gasteiger charge is -2.39. The summed E-state index contributed by atoms with van der Waals surface area (Å²) >= 11 is 0. The zero-order chi connectivity index (χ0) is 22.1. The van der Waals surface area contributed by atoms with Gasteiger partial charge in [-0.2, -0.15) is 5.10 Å². The quantitative estimate of drug-likeness (QED) is 0.346. The Morgan fingerprint density at radius 1 is 1.17 bits per heavy atom. The number of nitro benzene ring substituents is 2. The van der Waals surface area contributed by atoms with Crippen LogP contribution in [0.2, 0.25) is 0 Å². The number of nitrogens with one attached hydrogen (secondary N) is 1. The van der Waals surface area contributed by atoms with E-state index in [9.17, 15) is 40.0 Å². The van der Waals surface area contributed by atoms with E-state index < -0.39 is 49.9 Å². The van der Waals surface area contributed by atoms with Crippen molar-refractivity contribution in [2.75, 3.05) is 5.43 Å². The van der Waals surface area contributed by atoms with E-state index in [2.05, 4.69) is 10.5 Å². The van der Waals surface area contributed by atoms with Crippen molar-refractivity contribution < 1.29 is 29.6 Å². The fraction of sp³-hybridized carbons (Fsp3) is 0.471. The van der Waals surface area contributed by atoms with Crippen LogP contribution >= 0.6 is 0 Å². The second kappa shape index (κ2) is 7.45. The number of nitrogens with zero attached hydrogens (tertiary/aromatic N) is 3. The molecule has 0 aromatic heterocycles. The number of carbonyl (C=O) groups is 2. The van der Waals surface area contributed by atoms with Gasteiger partial charge in [0.25, 0.3) is 5.69 Å². The Kier molecular flexibility index (Phi) is 5.58. The van der Waals surface area contributed by atoms with Gasteiger partial charge in [-0.15, -0.1) is 0 Å². The van der Waals surface area contributed by atoms with Gasteiger partial charge in [-0.3, -0.25) is 30.4 Å². The van der Waals surface area contributed by atoms with E-state index in [1.54, 1.807) is 20.8 Å². The van der Waals surface area contributed by atoms with E-state index in [4.69, 9.17) is 0 Å². The number of hydrazone groups is 1. The molecule has 1 aromatic carbocycles. The summed E-state index contributed by atoms with van der Waals surface area (Å²) in [6.45, 7) is 4.88. The molecule has 0 radical (unpaired) electrons. The number of non-ortho nitro benzene ring substituents is 1. The molecule has 0 aliphatic heterocycles. The molecule has 3 N–H and O–H groups in total. The summed E-state index contributed by atoms with van der Waals surface area (Å²) in [5.41, 5.74) is -1.52. The minimum Gasteiger partial charge on any atom is -0.481 e. The molecule has 1 aliphatic rings. The first-order chi connectivity index (χ1) is 13.3. The average molecular weight is 408 g/mol. The number of hydrogen-bond acceptors (Lipinski definition) is 8. The summed E-state index contributed by atoms with van der Waals surface area (Å²) in [7, 11) is 0. The number of nitro groups is 2. The Bertz CT molecular complexity index is 926. The summed E-state index contributed by atoms with van der Waals surface area (Å²) in [5, 5.41) is 45.0. The van der Waals surface area contributed by atoms with Crippen LogP contribution in [-0.4, -0.2) is 37.7 Å². The van der Waals surface area contributed by atoms with Gasteiger partial charge in [0.2, 0.25) is 0 Å². The lowest BCUT2D eigenvalue weighted by atomic mass is 9.63. The van der Waals surface area contributed by atoms with Crippen LogP contribution in [0.3, 0.4) is 0 Å². The number of benzene rings is 1. The highest BCUT2D eigenvalue weighted by Gasteiger charge is 2.58. The van der Waals surface area contributed by atoms with Crippen LogP contribution in [0.5, 0.6) is 0 Å². The predicted octanol–water partition coefficient (Wildman–Crippen LogP) is 2.88. The summed E-state index contributed by atoms with van der Waals surface area (Å²) < 4.78 is 0. The molecule has 0 spiro atoms. The summed E-state index contributed by atoms with van der Waals surface area (Å²) in [4.78, 5) is 43.9. The first kappa shape index (κ1) is 21.7. The smallest absolute Gasteiger partial charge is 0.352 e. The van der Waals surface area contributed by atoms with Crippen molar-refractivity contribution in [3.8, 4) is 0 Å². The average Bonchev–Trinajstić information content (AvgIpc) is 2.84. The first-order valence-corrected chi connectivity index (χ1v) is 8.56. The molecule has 1 fully saturated rings. The van der Waals surface area contributed by atoms with Gasteiger partial charge in [0, 0.05) is 11.5 Å². The van der Waals surface area contributed by atoms with Crippen molar-refractivity contribution in [1.82, 2.24) is 0 Å². The van der Waals surface area contributed by atoms with Gasteiger partial charge in [-0.1, -0.05) is 20.8 Å². The highest BCUT2D eigenvalue weighted by molar-refractivity contribution is 6.38. The molecular weight excluding hydrogens is 388 g/mol. The van der Waals surface area contributed by atoms with Crippen molar-refractivity contribution >= 4 is 34.7 Å². The van der Waals surface area contributed by atoms with E-state index in [1.165, 1.54) is 0 Å². The first-order valence-electron chi connectivity index (χ1n) is 8.56. The molecule has 1 saturated carbocycles. The Hall–Kier alpha value is -3.57. The van der Waals surface area contributed by atoms with Gasteiger partial charge >= 0.3 is 17.6 Å². The summed E-state index contributed by atoms with van der Waals surface area (Å²) in [6.07, 6.45) is 0.495. The van der Waals surface area contributed by atoms with Gasteiger partial charge in [0.15, 0.2) is 5.71 Å². The molecule has 1 aliphatic carbocycles. The van der Waals surface area contributed by atoms with Crippen LogP contribution < -0.4 is 5.43 Å². The highest BCUT2D eigenvalue weighted by Crippen LogP contribution is 2.56. The van der Waals surface area contributed by atoms with E-state index >= 15 is 0 Å². The Balaban J connectivity index is 2.48. The number of aliphatic carboxylic acids is 2. The van der Waals surface area contributed by atoms with E-state index in [0.717, 1.165) is 18.2 Å². The van der Waals surface area contributed by atoms with Crippen LogP contribution in [0.25, 0.3) is 0 Å². The second-order valence-corrected chi connectivity index (χ2v) is 7.58. The van der Waals surface area contributed by atoms with Crippen LogP contribution in [-0.2, 0) is 9.59 Å². The van der Waals surface area contributed by atoms with Crippen molar-refractivity contribution in [3.63, 3.8) is 0 Å². The van der Waals surface area contributed by atoms with E-state index in [-0.39, 0.29) is 24.2 Å². The zero-order valence-corrected chi connectivity index (χ0v) is 15.9. The Morgan fingerprint density at radius 2 is 1.79 bits per heavy atom. The van der Waals surface area contributed by atoms with Crippen LogP contribution in [0.4, 0.5) is 17.1 Å². The highest BCUT2D eigenvalue weighted by atomic mass is 16.6. The van der Waals surface area contributed by atoms with E-state index in [1.807, 2.05) is 0 Å². The van der Waals surface area contributed by atoms with Crippen LogP contribution in [0, 0.1) is 37.0 Å². The SMILES string of the molecule is CC1(C)[C@@H](C(=O)O)CC[C@@]1(C)C(=NNc1ccc([N+](=O)[O-])cc1[N+](=O)[O-])C(=O)O. The topological polar surface area (TPSA) is 185 Å². The fourth-order valence-electron chi connectivity index (χ4n) is 3.76. The Morgan fingerprint density at radius 3 is 2.24 bits per heavy atom. The normalized spacial score (nSPS) is 23.4. The minimum atomic E-state index is -1.40. The maximum Gasteiger partial charge on any atom is 0.352 e. The Labute approximate surface area is 164 Å². The molecule has 12 heteroatoms. The number of hydrogen-bond donors (Lipinski definition) is 3. The molecule has 0 heterocycles. The molecule has 12 nitrogen and oxygen atoms in total.